The van der Waals surface area contributed by atoms with Crippen LogP contribution in [0.5, 0.6) is 0 Å². The highest BCUT2D eigenvalue weighted by Crippen LogP contribution is 2.25. The van der Waals surface area contributed by atoms with Crippen molar-refractivity contribution in [3.8, 4) is 16.9 Å². The Bertz CT molecular complexity index is 1470. The number of aryl methyl sites for hydroxylation is 2. The molecule has 15 heteroatoms. The monoisotopic (exact) mass is 588 g/mol. The van der Waals surface area contributed by atoms with Crippen molar-refractivity contribution in [1.29, 1.82) is 0 Å². The van der Waals surface area contributed by atoms with Gasteiger partial charge in [0.15, 0.2) is 0 Å². The molecule has 0 aliphatic rings. The number of carbonyl (C=O) groups is 2. The molecular formula is C26H32N6O8S. The van der Waals surface area contributed by atoms with E-state index in [4.69, 9.17) is 4.74 Å². The van der Waals surface area contributed by atoms with Crippen molar-refractivity contribution in [2.24, 2.45) is 5.28 Å². The lowest BCUT2D eigenvalue weighted by atomic mass is 10.1. The Balaban J connectivity index is 1.53. The molecule has 0 radical (unpaired) electrons. The summed E-state index contributed by atoms with van der Waals surface area (Å²) in [6.45, 7) is 4.67. The zero-order chi connectivity index (χ0) is 30.0. The number of likely N-dealkylation sites (N-methyl/N-ethyl adjacent to an activating group) is 1. The SMILES string of the molecule is CCCC(=O)OCO/N=[N+](\[O-])N(C)CCOC(=O)NS(=O)(=O)c1ccc(-n2nc(C)cc2-c2ccc(C)cc2)cc1. The van der Waals surface area contributed by atoms with Gasteiger partial charge in [-0.2, -0.15) is 5.10 Å². The van der Waals surface area contributed by atoms with Gasteiger partial charge in [-0.25, -0.2) is 22.6 Å². The molecule has 3 aromatic rings. The third kappa shape index (κ3) is 8.93. The summed E-state index contributed by atoms with van der Waals surface area (Å²) in [6.07, 6.45) is -0.402. The van der Waals surface area contributed by atoms with Gasteiger partial charge in [0.2, 0.25) is 5.28 Å². The van der Waals surface area contributed by atoms with E-state index in [0.717, 1.165) is 27.5 Å². The van der Waals surface area contributed by atoms with Crippen LogP contribution in [0.2, 0.25) is 0 Å². The van der Waals surface area contributed by atoms with E-state index in [2.05, 4.69) is 20.0 Å². The van der Waals surface area contributed by atoms with Crippen LogP contribution in [-0.4, -0.2) is 67.2 Å². The number of carbonyl (C=O) groups excluding carboxylic acids is 2. The van der Waals surface area contributed by atoms with Gasteiger partial charge < -0.3 is 19.5 Å². The van der Waals surface area contributed by atoms with Gasteiger partial charge in [0.1, 0.15) is 13.2 Å². The number of hydrogen-bond acceptors (Lipinski definition) is 10. The number of aromatic nitrogens is 2. The second-order valence-electron chi connectivity index (χ2n) is 8.91. The van der Waals surface area contributed by atoms with Crippen molar-refractivity contribution in [2.75, 3.05) is 27.0 Å². The van der Waals surface area contributed by atoms with E-state index < -0.39 is 28.9 Å². The van der Waals surface area contributed by atoms with E-state index in [9.17, 15) is 23.2 Å². The first kappa shape index (κ1) is 30.9. The molecule has 1 heterocycles. The number of nitrogens with one attached hydrogen (secondary N) is 1. The first-order valence-electron chi connectivity index (χ1n) is 12.6. The first-order chi connectivity index (χ1) is 19.5. The molecule has 0 unspecified atom stereocenters. The lowest BCUT2D eigenvalue weighted by molar-refractivity contribution is -0.706. The summed E-state index contributed by atoms with van der Waals surface area (Å²) in [7, 11) is -2.91. The number of hydrogen-bond donors (Lipinski definition) is 1. The largest absolute Gasteiger partial charge is 0.569 e. The molecule has 0 spiro atoms. The molecule has 41 heavy (non-hydrogen) atoms. The van der Waals surface area contributed by atoms with Crippen LogP contribution in [0, 0.1) is 19.1 Å². The Kier molecular flexibility index (Phi) is 10.6. The highest BCUT2D eigenvalue weighted by Gasteiger charge is 2.20. The fraction of sp³-hybridized carbons (Fsp3) is 0.346. The van der Waals surface area contributed by atoms with Gasteiger partial charge in [0, 0.05) is 12.0 Å². The van der Waals surface area contributed by atoms with Crippen LogP contribution in [0.1, 0.15) is 31.0 Å². The number of amides is 1. The van der Waals surface area contributed by atoms with E-state index in [-0.39, 0.29) is 29.4 Å². The van der Waals surface area contributed by atoms with Gasteiger partial charge >= 0.3 is 12.1 Å². The molecule has 0 aliphatic heterocycles. The van der Waals surface area contributed by atoms with Gasteiger partial charge in [-0.3, -0.25) is 4.79 Å². The summed E-state index contributed by atoms with van der Waals surface area (Å²) < 4.78 is 38.5. The maximum absolute atomic E-state index is 12.7. The van der Waals surface area contributed by atoms with Gasteiger partial charge in [-0.05, 0) is 50.6 Å². The molecule has 0 fully saturated rings. The van der Waals surface area contributed by atoms with Crippen LogP contribution in [0.3, 0.4) is 0 Å². The first-order valence-corrected chi connectivity index (χ1v) is 14.1. The third-order valence-corrected chi connectivity index (χ3v) is 6.91. The molecule has 0 saturated carbocycles. The average Bonchev–Trinajstić information content (AvgIpc) is 3.32. The summed E-state index contributed by atoms with van der Waals surface area (Å²) >= 11 is 0. The molecule has 1 amide bonds. The fourth-order valence-corrected chi connectivity index (χ4v) is 4.34. The Morgan fingerprint density at radius 1 is 1.10 bits per heavy atom. The van der Waals surface area contributed by atoms with Gasteiger partial charge in [0.05, 0.1) is 34.0 Å². The van der Waals surface area contributed by atoms with E-state index in [1.807, 2.05) is 55.8 Å². The minimum atomic E-state index is -4.23. The predicted octanol–water partition coefficient (Wildman–Crippen LogP) is 3.61. The van der Waals surface area contributed by atoms with Crippen LogP contribution in [0.25, 0.3) is 16.9 Å². The quantitative estimate of drug-likeness (QED) is 0.0778. The Hall–Kier alpha value is -4.66. The molecule has 0 saturated heterocycles. The van der Waals surface area contributed by atoms with Crippen LogP contribution < -0.4 is 4.72 Å². The van der Waals surface area contributed by atoms with Crippen molar-refractivity contribution < 1.29 is 37.3 Å². The fourth-order valence-electron chi connectivity index (χ4n) is 3.45. The zero-order valence-corrected chi connectivity index (χ0v) is 24.0. The molecule has 0 bridgehead atoms. The van der Waals surface area contributed by atoms with Crippen LogP contribution >= 0.6 is 0 Å². The van der Waals surface area contributed by atoms with Gasteiger partial charge in [0.25, 0.3) is 16.8 Å². The minimum Gasteiger partial charge on any atom is -0.569 e. The summed E-state index contributed by atoms with van der Waals surface area (Å²) in [5.74, 6) is -0.487. The lowest BCUT2D eigenvalue weighted by Crippen LogP contribution is -2.35. The zero-order valence-electron chi connectivity index (χ0n) is 23.1. The summed E-state index contributed by atoms with van der Waals surface area (Å²) in [6, 6.07) is 15.8. The summed E-state index contributed by atoms with van der Waals surface area (Å²) in [5, 5.41) is 20.5. The number of esters is 1. The standard InChI is InChI=1S/C26H32N6O8S/c1-5-6-25(33)39-18-40-29-32(35)30(4)15-16-38-26(34)28-41(36,37)23-13-11-22(12-14-23)31-24(17-20(3)27-31)21-9-7-19(2)8-10-21/h7-14,17H,5-6,15-16,18H2,1-4H3,(H,28,34)/b32-29-. The molecule has 1 aromatic heterocycles. The van der Waals surface area contributed by atoms with Gasteiger partial charge in [-0.1, -0.05) is 36.8 Å². The summed E-state index contributed by atoms with van der Waals surface area (Å²) in [4.78, 5) is 27.8. The molecule has 1 N–H and O–H groups in total. The smallest absolute Gasteiger partial charge is 0.421 e. The Morgan fingerprint density at radius 2 is 1.78 bits per heavy atom. The highest BCUT2D eigenvalue weighted by atomic mass is 32.2. The molecule has 2 aromatic carbocycles. The molecule has 0 aliphatic carbocycles. The third-order valence-electron chi connectivity index (χ3n) is 5.58. The van der Waals surface area contributed by atoms with E-state index in [1.54, 1.807) is 16.8 Å². The number of rotatable bonds is 13. The Morgan fingerprint density at radius 3 is 2.44 bits per heavy atom. The van der Waals surface area contributed by atoms with Crippen molar-refractivity contribution in [3.05, 3.63) is 71.1 Å². The second-order valence-corrected chi connectivity index (χ2v) is 10.6. The molecule has 3 rings (SSSR count). The van der Waals surface area contributed by atoms with Gasteiger partial charge in [-0.15, -0.1) is 5.01 Å². The topological polar surface area (TPSA) is 167 Å². The van der Waals surface area contributed by atoms with Crippen LogP contribution in [0.15, 0.2) is 64.8 Å². The number of ether oxygens (including phenoxy) is 2. The maximum atomic E-state index is 12.7. The average molecular weight is 589 g/mol. The van der Waals surface area contributed by atoms with Crippen LogP contribution in [0.4, 0.5) is 4.79 Å². The van der Waals surface area contributed by atoms with Crippen molar-refractivity contribution >= 4 is 22.1 Å². The maximum Gasteiger partial charge on any atom is 0.421 e. The van der Waals surface area contributed by atoms with Crippen molar-refractivity contribution in [1.82, 2.24) is 19.5 Å². The number of sulfonamides is 1. The summed E-state index contributed by atoms with van der Waals surface area (Å²) in [5.41, 5.74) is 4.35. The normalized spacial score (nSPS) is 11.6. The van der Waals surface area contributed by atoms with E-state index >= 15 is 0 Å². The minimum absolute atomic E-state index is 0.0541. The van der Waals surface area contributed by atoms with E-state index in [1.165, 1.54) is 19.2 Å². The predicted molar refractivity (Wildman–Crippen MR) is 146 cm³/mol. The highest BCUT2D eigenvalue weighted by molar-refractivity contribution is 7.90. The molecular weight excluding hydrogens is 556 g/mol. The second kappa shape index (κ2) is 14.1. The van der Waals surface area contributed by atoms with Crippen molar-refractivity contribution in [2.45, 2.75) is 38.5 Å². The number of benzene rings is 2. The number of nitrogens with zero attached hydrogens (tertiary/aromatic N) is 5. The van der Waals surface area contributed by atoms with E-state index in [0.29, 0.717) is 12.1 Å². The lowest BCUT2D eigenvalue weighted by Gasteiger charge is -2.13. The number of hydrazine groups is 1. The van der Waals surface area contributed by atoms with Crippen LogP contribution in [-0.2, 0) is 29.1 Å². The molecule has 220 valence electrons. The van der Waals surface area contributed by atoms with Crippen molar-refractivity contribution in [3.63, 3.8) is 0 Å². The molecule has 14 nitrogen and oxygen atoms in total. The Labute approximate surface area is 237 Å². The molecule has 0 atom stereocenters.